The van der Waals surface area contributed by atoms with Gasteiger partial charge in [-0.15, -0.1) is 0 Å². The van der Waals surface area contributed by atoms with Crippen molar-refractivity contribution in [2.45, 2.75) is 37.5 Å². The summed E-state index contributed by atoms with van der Waals surface area (Å²) in [5.74, 6) is 1.86. The van der Waals surface area contributed by atoms with Crippen LogP contribution in [0.2, 0.25) is 0 Å². The first-order valence-electron chi connectivity index (χ1n) is 17.3. The Bertz CT molecular complexity index is 2470. The maximum atomic E-state index is 7.00. The van der Waals surface area contributed by atoms with Crippen molar-refractivity contribution in [3.05, 3.63) is 151 Å². The fraction of sp³-hybridized carbons (Fsp3) is 0.133. The Balaban J connectivity index is 1.19. The summed E-state index contributed by atoms with van der Waals surface area (Å²) in [7, 11) is 0. The van der Waals surface area contributed by atoms with E-state index in [0.717, 1.165) is 44.2 Å². The van der Waals surface area contributed by atoms with E-state index in [1.165, 1.54) is 59.9 Å². The van der Waals surface area contributed by atoms with E-state index in [1.807, 2.05) is 60.7 Å². The summed E-state index contributed by atoms with van der Waals surface area (Å²) < 4.78 is 7.00. The molecule has 49 heavy (non-hydrogen) atoms. The van der Waals surface area contributed by atoms with Gasteiger partial charge in [-0.3, -0.25) is 0 Å². The first-order chi connectivity index (χ1) is 24.3. The van der Waals surface area contributed by atoms with Gasteiger partial charge in [0.25, 0.3) is 0 Å². The minimum Gasteiger partial charge on any atom is -0.455 e. The summed E-state index contributed by atoms with van der Waals surface area (Å²) in [6.45, 7) is 0. The zero-order chi connectivity index (χ0) is 32.4. The number of para-hydroxylation sites is 2. The van der Waals surface area contributed by atoms with E-state index in [0.29, 0.717) is 17.5 Å². The largest absolute Gasteiger partial charge is 0.455 e. The van der Waals surface area contributed by atoms with Crippen LogP contribution in [0.25, 0.3) is 78.4 Å². The number of aromatic nitrogens is 3. The lowest BCUT2D eigenvalue weighted by Gasteiger charge is -2.36. The number of benzene rings is 6. The minimum atomic E-state index is 0.0980. The Labute approximate surface area is 285 Å². The first-order valence-corrected chi connectivity index (χ1v) is 17.3. The second kappa shape index (κ2) is 11.1. The molecule has 1 spiro atoms. The zero-order valence-electron chi connectivity index (χ0n) is 27.1. The Morgan fingerprint density at radius 2 is 0.918 bits per heavy atom. The van der Waals surface area contributed by atoms with Gasteiger partial charge in [-0.25, -0.2) is 15.0 Å². The third kappa shape index (κ3) is 4.33. The second-order valence-corrected chi connectivity index (χ2v) is 13.4. The van der Waals surface area contributed by atoms with Crippen LogP contribution >= 0.6 is 0 Å². The van der Waals surface area contributed by atoms with Crippen LogP contribution in [0.1, 0.15) is 43.2 Å². The number of nitrogens with zero attached hydrogens (tertiary/aromatic N) is 3. The lowest BCUT2D eigenvalue weighted by Crippen LogP contribution is -2.27. The molecule has 0 aliphatic heterocycles. The SMILES string of the molecule is c1ccc(-c2nc(-c3ccccc3)nc(-c3cccc4c3oc3c(-c5cccc6c5-c5ccccc5C65CCCCC5)cccc34)n2)cc1. The van der Waals surface area contributed by atoms with Gasteiger partial charge in [-0.2, -0.15) is 0 Å². The van der Waals surface area contributed by atoms with E-state index >= 15 is 0 Å². The third-order valence-electron chi connectivity index (χ3n) is 10.8. The number of rotatable bonds is 4. The normalized spacial score (nSPS) is 14.7. The highest BCUT2D eigenvalue weighted by Gasteiger charge is 2.44. The highest BCUT2D eigenvalue weighted by atomic mass is 16.3. The highest BCUT2D eigenvalue weighted by molar-refractivity contribution is 6.14. The Hall–Kier alpha value is -5.87. The van der Waals surface area contributed by atoms with Gasteiger partial charge in [0.1, 0.15) is 11.2 Å². The summed E-state index contributed by atoms with van der Waals surface area (Å²) in [6.07, 6.45) is 6.28. The van der Waals surface area contributed by atoms with Gasteiger partial charge >= 0.3 is 0 Å². The number of fused-ring (bicyclic) bond motifs is 8. The molecular formula is C45H33N3O. The molecule has 0 atom stereocenters. The fourth-order valence-electron chi connectivity index (χ4n) is 8.56. The maximum Gasteiger partial charge on any atom is 0.167 e. The molecule has 2 aromatic heterocycles. The molecule has 234 valence electrons. The van der Waals surface area contributed by atoms with Crippen molar-refractivity contribution in [3.63, 3.8) is 0 Å². The standard InChI is InChI=1S/C45H33N3O/c1-4-15-29(16-5-1)42-46-43(30-17-6-2-7-18-30)48-44(47-42)36-24-13-23-34-33-22-12-21-32(40(33)49-41(34)36)31-20-14-26-38-39(31)35-19-8-9-25-37(35)45(38)27-10-3-11-28-45/h1-2,4-9,12-26H,3,10-11,27-28H2. The average Bonchev–Trinajstić information content (AvgIpc) is 3.69. The number of hydrogen-bond donors (Lipinski definition) is 0. The minimum absolute atomic E-state index is 0.0980. The van der Waals surface area contributed by atoms with E-state index in [9.17, 15) is 0 Å². The monoisotopic (exact) mass is 631 g/mol. The third-order valence-corrected chi connectivity index (χ3v) is 10.8. The van der Waals surface area contributed by atoms with Gasteiger partial charge in [-0.05, 0) is 46.7 Å². The van der Waals surface area contributed by atoms with Gasteiger partial charge in [0, 0.05) is 32.9 Å². The van der Waals surface area contributed by atoms with Crippen molar-refractivity contribution in [1.82, 2.24) is 15.0 Å². The maximum absolute atomic E-state index is 7.00. The molecule has 2 heterocycles. The molecule has 0 saturated heterocycles. The smallest absolute Gasteiger partial charge is 0.167 e. The van der Waals surface area contributed by atoms with Crippen LogP contribution < -0.4 is 0 Å². The molecule has 4 heteroatoms. The van der Waals surface area contributed by atoms with Crippen LogP contribution in [0.4, 0.5) is 0 Å². The van der Waals surface area contributed by atoms with Crippen molar-refractivity contribution in [2.75, 3.05) is 0 Å². The van der Waals surface area contributed by atoms with E-state index in [2.05, 4.69) is 78.9 Å². The highest BCUT2D eigenvalue weighted by Crippen LogP contribution is 2.58. The van der Waals surface area contributed by atoms with Crippen molar-refractivity contribution >= 4 is 21.9 Å². The molecule has 2 aliphatic rings. The lowest BCUT2D eigenvalue weighted by atomic mass is 9.68. The molecule has 2 aliphatic carbocycles. The lowest BCUT2D eigenvalue weighted by molar-refractivity contribution is 0.353. The summed E-state index contributed by atoms with van der Waals surface area (Å²) in [5, 5.41) is 2.14. The molecule has 0 radical (unpaired) electrons. The van der Waals surface area contributed by atoms with Crippen LogP contribution in [-0.4, -0.2) is 15.0 Å². The molecule has 1 fully saturated rings. The second-order valence-electron chi connectivity index (χ2n) is 13.4. The van der Waals surface area contributed by atoms with Gasteiger partial charge in [0.15, 0.2) is 17.5 Å². The van der Waals surface area contributed by atoms with Gasteiger partial charge < -0.3 is 4.42 Å². The summed E-state index contributed by atoms with van der Waals surface area (Å²) in [6, 6.07) is 49.1. The van der Waals surface area contributed by atoms with Gasteiger partial charge in [-0.1, -0.05) is 153 Å². The molecule has 0 amide bonds. The molecule has 6 aromatic carbocycles. The summed E-state index contributed by atoms with van der Waals surface area (Å²) in [4.78, 5) is 15.0. The Morgan fingerprint density at radius 3 is 1.61 bits per heavy atom. The van der Waals surface area contributed by atoms with Crippen molar-refractivity contribution in [1.29, 1.82) is 0 Å². The molecule has 0 bridgehead atoms. The molecule has 8 aromatic rings. The van der Waals surface area contributed by atoms with Crippen LogP contribution in [0.15, 0.2) is 144 Å². The van der Waals surface area contributed by atoms with E-state index in [1.54, 1.807) is 0 Å². The van der Waals surface area contributed by atoms with Gasteiger partial charge in [0.05, 0.1) is 5.56 Å². The number of furan rings is 1. The van der Waals surface area contributed by atoms with Crippen LogP contribution in [0, 0.1) is 0 Å². The molecule has 10 rings (SSSR count). The quantitative estimate of drug-likeness (QED) is 0.194. The van der Waals surface area contributed by atoms with Crippen molar-refractivity contribution < 1.29 is 4.42 Å². The Morgan fingerprint density at radius 1 is 0.408 bits per heavy atom. The predicted octanol–water partition coefficient (Wildman–Crippen LogP) is 11.7. The molecule has 1 saturated carbocycles. The summed E-state index contributed by atoms with van der Waals surface area (Å²) in [5.41, 5.74) is 12.6. The van der Waals surface area contributed by atoms with Gasteiger partial charge in [0.2, 0.25) is 0 Å². The molecular weight excluding hydrogens is 599 g/mol. The Kier molecular flexibility index (Phi) is 6.38. The molecule has 0 N–H and O–H groups in total. The van der Waals surface area contributed by atoms with Crippen molar-refractivity contribution in [3.8, 4) is 56.4 Å². The van der Waals surface area contributed by atoms with E-state index in [4.69, 9.17) is 19.4 Å². The zero-order valence-corrected chi connectivity index (χ0v) is 27.1. The average molecular weight is 632 g/mol. The van der Waals surface area contributed by atoms with E-state index in [-0.39, 0.29) is 5.41 Å². The number of hydrogen-bond acceptors (Lipinski definition) is 4. The van der Waals surface area contributed by atoms with Crippen LogP contribution in [0.5, 0.6) is 0 Å². The van der Waals surface area contributed by atoms with Crippen molar-refractivity contribution in [2.24, 2.45) is 0 Å². The van der Waals surface area contributed by atoms with Crippen LogP contribution in [0.3, 0.4) is 0 Å². The van der Waals surface area contributed by atoms with Crippen LogP contribution in [-0.2, 0) is 5.41 Å². The molecule has 4 nitrogen and oxygen atoms in total. The summed E-state index contributed by atoms with van der Waals surface area (Å²) >= 11 is 0. The molecule has 0 unspecified atom stereocenters. The van der Waals surface area contributed by atoms with E-state index < -0.39 is 0 Å². The fourth-order valence-corrected chi connectivity index (χ4v) is 8.56. The topological polar surface area (TPSA) is 51.8 Å². The predicted molar refractivity (Wildman–Crippen MR) is 198 cm³/mol. The first kappa shape index (κ1) is 28.2.